The number of benzene rings is 2. The molecule has 0 saturated carbocycles. The summed E-state index contributed by atoms with van der Waals surface area (Å²) in [5.41, 5.74) is 1.24. The van der Waals surface area contributed by atoms with Crippen LogP contribution < -0.4 is 4.74 Å². The molecule has 0 amide bonds. The summed E-state index contributed by atoms with van der Waals surface area (Å²) in [7, 11) is 0. The molecule has 0 aromatic heterocycles. The predicted octanol–water partition coefficient (Wildman–Crippen LogP) is 3.73. The molecule has 0 bridgehead atoms. The minimum Gasteiger partial charge on any atom is -0.488 e. The smallest absolute Gasteiger partial charge is 0.335 e. The number of ether oxygens (including phenoxy) is 1. The maximum atomic E-state index is 10.9. The van der Waals surface area contributed by atoms with Crippen LogP contribution in [-0.4, -0.2) is 11.1 Å². The Morgan fingerprint density at radius 3 is 2.56 bits per heavy atom. The number of aromatic carboxylic acids is 1. The first kappa shape index (κ1) is 12.6. The molecule has 0 radical (unpaired) electrons. The van der Waals surface area contributed by atoms with Crippen molar-refractivity contribution in [1.82, 2.24) is 0 Å². The molecule has 2 aromatic carbocycles. The molecule has 0 aliphatic carbocycles. The van der Waals surface area contributed by atoms with Crippen molar-refractivity contribution in [2.45, 2.75) is 6.61 Å². The number of hydrogen-bond donors (Lipinski definition) is 1. The van der Waals surface area contributed by atoms with Gasteiger partial charge in [0.2, 0.25) is 0 Å². The molecule has 0 aliphatic heterocycles. The molecule has 0 fully saturated rings. The van der Waals surface area contributed by atoms with Gasteiger partial charge in [0, 0.05) is 0 Å². The van der Waals surface area contributed by atoms with Crippen LogP contribution in [0.4, 0.5) is 0 Å². The van der Waals surface area contributed by atoms with Crippen LogP contribution in [0.3, 0.4) is 0 Å². The van der Waals surface area contributed by atoms with Crippen LogP contribution in [0.5, 0.6) is 5.75 Å². The molecule has 0 aliphatic rings. The lowest BCUT2D eigenvalue weighted by molar-refractivity contribution is 0.0696. The van der Waals surface area contributed by atoms with Gasteiger partial charge in [0.05, 0.1) is 10.0 Å². The topological polar surface area (TPSA) is 46.5 Å². The number of hydrogen-bond acceptors (Lipinski definition) is 2. The summed E-state index contributed by atoms with van der Waals surface area (Å²) in [6.45, 7) is 0.405. The van der Waals surface area contributed by atoms with E-state index in [1.807, 2.05) is 30.3 Å². The summed E-state index contributed by atoms with van der Waals surface area (Å²) < 4.78 is 6.34. The van der Waals surface area contributed by atoms with Crippen LogP contribution in [0.2, 0.25) is 0 Å². The lowest BCUT2D eigenvalue weighted by atomic mass is 10.2. The summed E-state index contributed by atoms with van der Waals surface area (Å²) in [6, 6.07) is 14.4. The second-order valence-electron chi connectivity index (χ2n) is 3.72. The van der Waals surface area contributed by atoms with Crippen LogP contribution in [0.1, 0.15) is 15.9 Å². The third-order valence-electron chi connectivity index (χ3n) is 2.42. The van der Waals surface area contributed by atoms with Gasteiger partial charge in [-0.1, -0.05) is 30.3 Å². The van der Waals surface area contributed by atoms with Crippen LogP contribution in [0.25, 0.3) is 0 Å². The second kappa shape index (κ2) is 5.69. The number of carboxylic acids is 1. The quantitative estimate of drug-likeness (QED) is 0.936. The molecular formula is C14H11BrO3. The first-order valence-corrected chi connectivity index (χ1v) is 6.15. The summed E-state index contributed by atoms with van der Waals surface area (Å²) in [5, 5.41) is 8.91. The Hall–Kier alpha value is -1.81. The lowest BCUT2D eigenvalue weighted by Crippen LogP contribution is -2.00. The Labute approximate surface area is 113 Å². The molecule has 0 unspecified atom stereocenters. The molecule has 4 heteroatoms. The normalized spacial score (nSPS) is 10.1. The highest BCUT2D eigenvalue weighted by atomic mass is 79.9. The van der Waals surface area contributed by atoms with Gasteiger partial charge in [0.25, 0.3) is 0 Å². The molecule has 3 nitrogen and oxygen atoms in total. The van der Waals surface area contributed by atoms with Crippen molar-refractivity contribution < 1.29 is 14.6 Å². The Kier molecular flexibility index (Phi) is 3.99. The standard InChI is InChI=1S/C14H11BrO3/c15-12-7-6-11(14(16)17)8-13(12)18-9-10-4-2-1-3-5-10/h1-8H,9H2,(H,16,17). The Morgan fingerprint density at radius 2 is 1.89 bits per heavy atom. The van der Waals surface area contributed by atoms with E-state index < -0.39 is 5.97 Å². The first-order chi connectivity index (χ1) is 8.66. The van der Waals surface area contributed by atoms with Crippen molar-refractivity contribution >= 4 is 21.9 Å². The van der Waals surface area contributed by atoms with Gasteiger partial charge in [-0.3, -0.25) is 0 Å². The largest absolute Gasteiger partial charge is 0.488 e. The SMILES string of the molecule is O=C(O)c1ccc(Br)c(OCc2ccccc2)c1. The van der Waals surface area contributed by atoms with Crippen LogP contribution in [0.15, 0.2) is 53.0 Å². The van der Waals surface area contributed by atoms with Crippen LogP contribution in [0, 0.1) is 0 Å². The number of rotatable bonds is 4. The first-order valence-electron chi connectivity index (χ1n) is 5.36. The van der Waals surface area contributed by atoms with Crippen molar-refractivity contribution in [3.05, 3.63) is 64.1 Å². The van der Waals surface area contributed by atoms with Crippen molar-refractivity contribution in [1.29, 1.82) is 0 Å². The van der Waals surface area contributed by atoms with Gasteiger partial charge in [-0.2, -0.15) is 0 Å². The lowest BCUT2D eigenvalue weighted by Gasteiger charge is -2.09. The van der Waals surface area contributed by atoms with E-state index in [1.54, 1.807) is 6.07 Å². The van der Waals surface area contributed by atoms with Gasteiger partial charge in [-0.15, -0.1) is 0 Å². The highest BCUT2D eigenvalue weighted by Crippen LogP contribution is 2.26. The Morgan fingerprint density at radius 1 is 1.17 bits per heavy atom. The van der Waals surface area contributed by atoms with E-state index in [0.717, 1.165) is 10.0 Å². The third-order valence-corrected chi connectivity index (χ3v) is 3.07. The van der Waals surface area contributed by atoms with E-state index in [-0.39, 0.29) is 5.56 Å². The minimum absolute atomic E-state index is 0.210. The number of halogens is 1. The zero-order valence-corrected chi connectivity index (χ0v) is 11.1. The molecule has 18 heavy (non-hydrogen) atoms. The van der Waals surface area contributed by atoms with Gasteiger partial charge in [-0.25, -0.2) is 4.79 Å². The van der Waals surface area contributed by atoms with Gasteiger partial charge in [0.1, 0.15) is 12.4 Å². The third kappa shape index (κ3) is 3.11. The van der Waals surface area contributed by atoms with Gasteiger partial charge in [0.15, 0.2) is 0 Å². The van der Waals surface area contributed by atoms with Gasteiger partial charge < -0.3 is 9.84 Å². The Balaban J connectivity index is 2.14. The zero-order valence-electron chi connectivity index (χ0n) is 9.47. The van der Waals surface area contributed by atoms with Crippen molar-refractivity contribution in [3.63, 3.8) is 0 Å². The molecule has 92 valence electrons. The number of carbonyl (C=O) groups is 1. The van der Waals surface area contributed by atoms with Crippen molar-refractivity contribution in [3.8, 4) is 5.75 Å². The number of carboxylic acid groups (broad SMARTS) is 1. The Bertz CT molecular complexity index is 552. The summed E-state index contributed by atoms with van der Waals surface area (Å²) >= 11 is 3.34. The highest BCUT2D eigenvalue weighted by Gasteiger charge is 2.08. The van der Waals surface area contributed by atoms with Gasteiger partial charge in [-0.05, 0) is 39.7 Å². The fraction of sp³-hybridized carbons (Fsp3) is 0.0714. The monoisotopic (exact) mass is 306 g/mol. The van der Waals surface area contributed by atoms with Crippen molar-refractivity contribution in [2.24, 2.45) is 0 Å². The van der Waals surface area contributed by atoms with E-state index in [2.05, 4.69) is 15.9 Å². The average molecular weight is 307 g/mol. The molecule has 1 N–H and O–H groups in total. The van der Waals surface area contributed by atoms with Crippen LogP contribution >= 0.6 is 15.9 Å². The highest BCUT2D eigenvalue weighted by molar-refractivity contribution is 9.10. The van der Waals surface area contributed by atoms with E-state index in [0.29, 0.717) is 12.4 Å². The van der Waals surface area contributed by atoms with E-state index >= 15 is 0 Å². The predicted molar refractivity (Wildman–Crippen MR) is 71.9 cm³/mol. The molecule has 0 atom stereocenters. The average Bonchev–Trinajstić information content (AvgIpc) is 2.38. The zero-order chi connectivity index (χ0) is 13.0. The van der Waals surface area contributed by atoms with E-state index in [4.69, 9.17) is 9.84 Å². The van der Waals surface area contributed by atoms with Crippen LogP contribution in [-0.2, 0) is 6.61 Å². The summed E-state index contributed by atoms with van der Waals surface area (Å²) in [5.74, 6) is -0.439. The van der Waals surface area contributed by atoms with E-state index in [1.165, 1.54) is 12.1 Å². The van der Waals surface area contributed by atoms with E-state index in [9.17, 15) is 4.79 Å². The molecular weight excluding hydrogens is 296 g/mol. The minimum atomic E-state index is -0.966. The molecule has 2 rings (SSSR count). The second-order valence-corrected chi connectivity index (χ2v) is 4.58. The molecule has 0 spiro atoms. The fourth-order valence-corrected chi connectivity index (χ4v) is 1.84. The van der Waals surface area contributed by atoms with Gasteiger partial charge >= 0.3 is 5.97 Å². The van der Waals surface area contributed by atoms with Crippen molar-refractivity contribution in [2.75, 3.05) is 0 Å². The maximum absolute atomic E-state index is 10.9. The summed E-state index contributed by atoms with van der Waals surface area (Å²) in [6.07, 6.45) is 0. The summed E-state index contributed by atoms with van der Waals surface area (Å²) in [4.78, 5) is 10.9. The fourth-order valence-electron chi connectivity index (χ4n) is 1.48. The molecule has 0 saturated heterocycles. The molecule has 0 heterocycles. The molecule has 2 aromatic rings. The maximum Gasteiger partial charge on any atom is 0.335 e.